The summed E-state index contributed by atoms with van der Waals surface area (Å²) in [5.74, 6) is -0.0119. The van der Waals surface area contributed by atoms with Gasteiger partial charge in [-0.1, -0.05) is 37.3 Å². The molecule has 0 saturated carbocycles. The molecule has 23 heavy (non-hydrogen) atoms. The van der Waals surface area contributed by atoms with Crippen LogP contribution in [0, 0.1) is 0 Å². The monoisotopic (exact) mass is 329 g/mol. The molecule has 1 aromatic heterocycles. The van der Waals surface area contributed by atoms with Gasteiger partial charge in [0.25, 0.3) is 0 Å². The lowest BCUT2D eigenvalue weighted by molar-refractivity contribution is -0.120. The van der Waals surface area contributed by atoms with E-state index in [2.05, 4.69) is 22.1 Å². The Bertz CT molecular complexity index is 694. The largest absolute Gasteiger partial charge is 0.301 e. The van der Waals surface area contributed by atoms with Gasteiger partial charge in [-0.2, -0.15) is 0 Å². The van der Waals surface area contributed by atoms with E-state index in [1.165, 1.54) is 4.88 Å². The summed E-state index contributed by atoms with van der Waals surface area (Å²) >= 11 is 1.61. The van der Waals surface area contributed by atoms with Crippen molar-refractivity contribution < 1.29 is 4.79 Å². The number of thiazole rings is 1. The number of carbonyl (C=O) groups is 1. The fraction of sp³-hybridized carbons (Fsp3) is 0.444. The quantitative estimate of drug-likeness (QED) is 0.934. The van der Waals surface area contributed by atoms with Crippen LogP contribution in [0.2, 0.25) is 0 Å². The molecule has 0 saturated heterocycles. The number of aromatic nitrogens is 1. The lowest BCUT2D eigenvalue weighted by Crippen LogP contribution is -2.34. The van der Waals surface area contributed by atoms with Crippen LogP contribution in [0.3, 0.4) is 0 Å². The Balaban J connectivity index is 1.75. The molecule has 5 heteroatoms. The molecule has 0 fully saturated rings. The number of amides is 1. The molecule has 3 rings (SSSR count). The molecular weight excluding hydrogens is 306 g/mol. The zero-order valence-electron chi connectivity index (χ0n) is 13.9. The van der Waals surface area contributed by atoms with Gasteiger partial charge in [0.05, 0.1) is 11.1 Å². The summed E-state index contributed by atoms with van der Waals surface area (Å²) in [6, 6.07) is 9.88. The normalized spacial score (nSPS) is 15.3. The van der Waals surface area contributed by atoms with Crippen LogP contribution < -0.4 is 5.32 Å². The molecule has 4 nitrogen and oxygen atoms in total. The van der Waals surface area contributed by atoms with E-state index in [9.17, 15) is 4.79 Å². The molecule has 0 spiro atoms. The highest BCUT2D eigenvalue weighted by atomic mass is 32.1. The summed E-state index contributed by atoms with van der Waals surface area (Å²) in [4.78, 5) is 21.0. The average Bonchev–Trinajstić information content (AvgIpc) is 2.96. The van der Waals surface area contributed by atoms with Crippen molar-refractivity contribution in [3.05, 3.63) is 46.5 Å². The molecule has 1 aliphatic heterocycles. The van der Waals surface area contributed by atoms with Gasteiger partial charge >= 0.3 is 0 Å². The van der Waals surface area contributed by atoms with E-state index in [-0.39, 0.29) is 5.91 Å². The van der Waals surface area contributed by atoms with E-state index in [4.69, 9.17) is 0 Å². The average molecular weight is 329 g/mol. The van der Waals surface area contributed by atoms with Crippen LogP contribution in [-0.4, -0.2) is 28.9 Å². The van der Waals surface area contributed by atoms with Gasteiger partial charge in [0.15, 0.2) is 5.13 Å². The predicted molar refractivity (Wildman–Crippen MR) is 94.9 cm³/mol. The highest BCUT2D eigenvalue weighted by molar-refractivity contribution is 7.15. The van der Waals surface area contributed by atoms with Crippen LogP contribution in [-0.2, 0) is 23.2 Å². The maximum Gasteiger partial charge on any atom is 0.236 e. The van der Waals surface area contributed by atoms with Crippen LogP contribution in [0.15, 0.2) is 30.3 Å². The van der Waals surface area contributed by atoms with Crippen molar-refractivity contribution in [3.63, 3.8) is 0 Å². The summed E-state index contributed by atoms with van der Waals surface area (Å²) in [5.41, 5.74) is 1.58. The first-order valence-electron chi connectivity index (χ1n) is 8.08. The summed E-state index contributed by atoms with van der Waals surface area (Å²) in [6.07, 6.45) is 0.970. The van der Waals surface area contributed by atoms with E-state index < -0.39 is 5.41 Å². The summed E-state index contributed by atoms with van der Waals surface area (Å²) in [6.45, 7) is 9.13. The molecule has 1 N–H and O–H groups in total. The molecule has 2 heterocycles. The fourth-order valence-electron chi connectivity index (χ4n) is 2.81. The zero-order valence-corrected chi connectivity index (χ0v) is 14.7. The molecule has 122 valence electrons. The Kier molecular flexibility index (Phi) is 4.50. The van der Waals surface area contributed by atoms with Crippen molar-refractivity contribution in [1.29, 1.82) is 0 Å². The van der Waals surface area contributed by atoms with Crippen LogP contribution in [0.4, 0.5) is 5.13 Å². The molecule has 0 radical (unpaired) electrons. The van der Waals surface area contributed by atoms with Crippen molar-refractivity contribution in [2.75, 3.05) is 18.4 Å². The number of nitrogens with zero attached hydrogens (tertiary/aromatic N) is 2. The zero-order chi connectivity index (χ0) is 16.4. The van der Waals surface area contributed by atoms with Crippen molar-refractivity contribution >= 4 is 22.4 Å². The first-order valence-corrected chi connectivity index (χ1v) is 8.90. The van der Waals surface area contributed by atoms with Crippen molar-refractivity contribution in [2.45, 2.75) is 39.2 Å². The summed E-state index contributed by atoms with van der Waals surface area (Å²) in [7, 11) is 0. The Morgan fingerprint density at radius 1 is 1.35 bits per heavy atom. The molecule has 0 unspecified atom stereocenters. The van der Waals surface area contributed by atoms with E-state index in [1.54, 1.807) is 11.3 Å². The number of benzene rings is 1. The molecule has 1 aromatic carbocycles. The predicted octanol–water partition coefficient (Wildman–Crippen LogP) is 3.44. The third kappa shape index (κ3) is 3.31. The molecule has 0 atom stereocenters. The van der Waals surface area contributed by atoms with E-state index >= 15 is 0 Å². The maximum absolute atomic E-state index is 12.7. The second-order valence-corrected chi connectivity index (χ2v) is 7.54. The van der Waals surface area contributed by atoms with Gasteiger partial charge in [-0.05, 0) is 26.0 Å². The fourth-order valence-corrected chi connectivity index (χ4v) is 3.86. The molecule has 2 aromatic rings. The third-order valence-corrected chi connectivity index (χ3v) is 5.54. The third-order valence-electron chi connectivity index (χ3n) is 4.54. The second kappa shape index (κ2) is 6.42. The number of rotatable bonds is 4. The number of carbonyl (C=O) groups excluding carboxylic acids is 1. The van der Waals surface area contributed by atoms with Crippen LogP contribution >= 0.6 is 11.3 Å². The smallest absolute Gasteiger partial charge is 0.236 e. The maximum atomic E-state index is 12.7. The lowest BCUT2D eigenvalue weighted by atomic mass is 9.84. The van der Waals surface area contributed by atoms with Gasteiger partial charge in [0, 0.05) is 24.4 Å². The number of likely N-dealkylation sites (N-methyl/N-ethyl adjacent to an activating group) is 1. The molecule has 0 bridgehead atoms. The molecular formula is C18H23N3OS. The molecule has 0 aliphatic carbocycles. The Morgan fingerprint density at radius 3 is 2.78 bits per heavy atom. The minimum atomic E-state index is -0.580. The van der Waals surface area contributed by atoms with Crippen LogP contribution in [0.5, 0.6) is 0 Å². The topological polar surface area (TPSA) is 45.2 Å². The minimum Gasteiger partial charge on any atom is -0.301 e. The van der Waals surface area contributed by atoms with Gasteiger partial charge in [0.2, 0.25) is 5.91 Å². The van der Waals surface area contributed by atoms with Crippen molar-refractivity contribution in [1.82, 2.24) is 9.88 Å². The van der Waals surface area contributed by atoms with E-state index in [1.807, 2.05) is 44.2 Å². The van der Waals surface area contributed by atoms with E-state index in [0.29, 0.717) is 0 Å². The molecule has 1 aliphatic rings. The minimum absolute atomic E-state index is 0.0119. The number of nitrogens with one attached hydrogen (secondary N) is 1. The van der Waals surface area contributed by atoms with Crippen molar-refractivity contribution in [2.24, 2.45) is 0 Å². The number of fused-ring (bicyclic) bond motifs is 1. The van der Waals surface area contributed by atoms with Crippen molar-refractivity contribution in [3.8, 4) is 0 Å². The highest BCUT2D eigenvalue weighted by Gasteiger charge is 2.31. The second-order valence-electron chi connectivity index (χ2n) is 6.45. The first-order chi connectivity index (χ1) is 11.0. The standard InChI is InChI=1S/C18H23N3OS/c1-4-21-11-10-14-15(12-21)23-17(19-14)20-16(22)18(2,3)13-8-6-5-7-9-13/h5-9H,4,10-12H2,1-3H3,(H,19,20,22). The number of hydrogen-bond acceptors (Lipinski definition) is 4. The SMILES string of the molecule is CCN1CCc2nc(NC(=O)C(C)(C)c3ccccc3)sc2C1. The van der Waals surface area contributed by atoms with Gasteiger partial charge in [-0.15, -0.1) is 11.3 Å². The highest BCUT2D eigenvalue weighted by Crippen LogP contribution is 2.30. The van der Waals surface area contributed by atoms with E-state index in [0.717, 1.165) is 42.4 Å². The number of hydrogen-bond donors (Lipinski definition) is 1. The van der Waals surface area contributed by atoms with Gasteiger partial charge < -0.3 is 5.32 Å². The summed E-state index contributed by atoms with van der Waals surface area (Å²) < 4.78 is 0. The first kappa shape index (κ1) is 16.1. The lowest BCUT2D eigenvalue weighted by Gasteiger charge is -2.23. The summed E-state index contributed by atoms with van der Waals surface area (Å²) in [5, 5.41) is 3.74. The number of anilines is 1. The Labute approximate surface area is 141 Å². The van der Waals surface area contributed by atoms with Crippen LogP contribution in [0.1, 0.15) is 36.9 Å². The Hall–Kier alpha value is -1.72. The van der Waals surface area contributed by atoms with Gasteiger partial charge in [-0.3, -0.25) is 9.69 Å². The van der Waals surface area contributed by atoms with Gasteiger partial charge in [0.1, 0.15) is 0 Å². The Morgan fingerprint density at radius 2 is 2.09 bits per heavy atom. The van der Waals surface area contributed by atoms with Crippen LogP contribution in [0.25, 0.3) is 0 Å². The van der Waals surface area contributed by atoms with Gasteiger partial charge in [-0.25, -0.2) is 4.98 Å². The molecule has 1 amide bonds.